The summed E-state index contributed by atoms with van der Waals surface area (Å²) in [6, 6.07) is 0. The van der Waals surface area contributed by atoms with E-state index < -0.39 is 10.0 Å². The van der Waals surface area contributed by atoms with Crippen molar-refractivity contribution >= 4 is 21.6 Å². The van der Waals surface area contributed by atoms with Gasteiger partial charge in [-0.05, 0) is 24.7 Å². The quantitative estimate of drug-likeness (QED) is 0.687. The molecule has 1 aliphatic carbocycles. The molecule has 1 saturated carbocycles. The lowest BCUT2D eigenvalue weighted by atomic mass is 9.86. The summed E-state index contributed by atoms with van der Waals surface area (Å²) in [6.45, 7) is 1.39. The molecular formula is C9H16ClNO2S. The van der Waals surface area contributed by atoms with E-state index in [-0.39, 0.29) is 5.21 Å². The van der Waals surface area contributed by atoms with Gasteiger partial charge in [-0.25, -0.2) is 12.7 Å². The van der Waals surface area contributed by atoms with Crippen LogP contribution < -0.4 is 0 Å². The topological polar surface area (TPSA) is 37.4 Å². The summed E-state index contributed by atoms with van der Waals surface area (Å²) in [5.74, 6) is 0. The third kappa shape index (κ3) is 1.79. The van der Waals surface area contributed by atoms with Crippen LogP contribution in [0.1, 0.15) is 32.1 Å². The van der Waals surface area contributed by atoms with Gasteiger partial charge in [0.05, 0.1) is 0 Å². The molecule has 0 bridgehead atoms. The van der Waals surface area contributed by atoms with E-state index >= 15 is 0 Å². The molecule has 0 radical (unpaired) electrons. The molecule has 2 rings (SSSR count). The highest BCUT2D eigenvalue weighted by Crippen LogP contribution is 2.45. The maximum absolute atomic E-state index is 11.5. The first-order valence-corrected chi connectivity index (χ1v) is 7.26. The van der Waals surface area contributed by atoms with Crippen molar-refractivity contribution in [1.82, 2.24) is 4.31 Å². The van der Waals surface area contributed by atoms with Gasteiger partial charge in [-0.2, -0.15) is 0 Å². The van der Waals surface area contributed by atoms with E-state index in [1.165, 1.54) is 25.7 Å². The fourth-order valence-electron chi connectivity index (χ4n) is 2.73. The minimum absolute atomic E-state index is 0.275. The van der Waals surface area contributed by atoms with Gasteiger partial charge in [0.1, 0.15) is 5.21 Å². The van der Waals surface area contributed by atoms with Crippen LogP contribution in [0.3, 0.4) is 0 Å². The largest absolute Gasteiger partial charge is 0.228 e. The van der Waals surface area contributed by atoms with Crippen molar-refractivity contribution in [2.45, 2.75) is 32.1 Å². The predicted molar refractivity (Wildman–Crippen MR) is 56.7 cm³/mol. The molecule has 0 aromatic rings. The molecule has 1 aliphatic heterocycles. The van der Waals surface area contributed by atoms with Crippen molar-refractivity contribution < 1.29 is 8.42 Å². The van der Waals surface area contributed by atoms with Gasteiger partial charge in [-0.1, -0.05) is 12.8 Å². The van der Waals surface area contributed by atoms with E-state index in [0.29, 0.717) is 18.5 Å². The zero-order chi connectivity index (χ0) is 10.2. The standard InChI is InChI=1S/C9H16ClNO2S/c10-8-14(12,13)11-6-5-9(7-11)3-1-2-4-9/h1-8H2. The van der Waals surface area contributed by atoms with Crippen LogP contribution in [0.4, 0.5) is 0 Å². The van der Waals surface area contributed by atoms with Crippen molar-refractivity contribution in [3.05, 3.63) is 0 Å². The molecule has 14 heavy (non-hydrogen) atoms. The molecule has 3 nitrogen and oxygen atoms in total. The summed E-state index contributed by atoms with van der Waals surface area (Å²) in [5, 5.41) is -0.275. The van der Waals surface area contributed by atoms with Crippen LogP contribution in [-0.2, 0) is 10.0 Å². The number of alkyl halides is 1. The fraction of sp³-hybridized carbons (Fsp3) is 1.00. The first-order chi connectivity index (χ1) is 6.58. The van der Waals surface area contributed by atoms with Crippen LogP contribution in [-0.4, -0.2) is 31.0 Å². The van der Waals surface area contributed by atoms with E-state index in [0.717, 1.165) is 6.42 Å². The Morgan fingerprint density at radius 3 is 2.43 bits per heavy atom. The van der Waals surface area contributed by atoms with Gasteiger partial charge in [-0.15, -0.1) is 11.6 Å². The smallest absolute Gasteiger partial charge is 0.211 e. The molecule has 0 amide bonds. The molecule has 0 N–H and O–H groups in total. The van der Waals surface area contributed by atoms with Crippen molar-refractivity contribution in [2.75, 3.05) is 18.3 Å². The number of halogens is 1. The average molecular weight is 238 g/mol. The van der Waals surface area contributed by atoms with Gasteiger partial charge in [-0.3, -0.25) is 0 Å². The molecular weight excluding hydrogens is 222 g/mol. The third-order valence-corrected chi connectivity index (χ3v) is 5.80. The normalized spacial score (nSPS) is 27.5. The molecule has 0 aromatic carbocycles. The zero-order valence-corrected chi connectivity index (χ0v) is 9.78. The highest BCUT2D eigenvalue weighted by atomic mass is 35.5. The summed E-state index contributed by atoms with van der Waals surface area (Å²) < 4.78 is 24.6. The van der Waals surface area contributed by atoms with Crippen molar-refractivity contribution in [3.63, 3.8) is 0 Å². The lowest BCUT2D eigenvalue weighted by molar-refractivity contribution is 0.314. The van der Waals surface area contributed by atoms with E-state index in [2.05, 4.69) is 0 Å². The van der Waals surface area contributed by atoms with Gasteiger partial charge in [0.15, 0.2) is 0 Å². The Morgan fingerprint density at radius 1 is 1.21 bits per heavy atom. The second-order valence-electron chi connectivity index (χ2n) is 4.51. The molecule has 0 aromatic heterocycles. The summed E-state index contributed by atoms with van der Waals surface area (Å²) in [7, 11) is -3.16. The number of hydrogen-bond acceptors (Lipinski definition) is 2. The maximum atomic E-state index is 11.5. The van der Waals surface area contributed by atoms with Crippen molar-refractivity contribution in [2.24, 2.45) is 5.41 Å². The molecule has 5 heteroatoms. The van der Waals surface area contributed by atoms with Crippen LogP contribution in [0.5, 0.6) is 0 Å². The first kappa shape index (κ1) is 10.7. The summed E-state index contributed by atoms with van der Waals surface area (Å²) >= 11 is 5.44. The first-order valence-electron chi connectivity index (χ1n) is 5.12. The van der Waals surface area contributed by atoms with Gasteiger partial charge >= 0.3 is 0 Å². The summed E-state index contributed by atoms with van der Waals surface area (Å²) in [5.41, 5.74) is 0.305. The van der Waals surface area contributed by atoms with Crippen LogP contribution in [0.25, 0.3) is 0 Å². The van der Waals surface area contributed by atoms with Gasteiger partial charge in [0.25, 0.3) is 0 Å². The number of hydrogen-bond donors (Lipinski definition) is 0. The molecule has 0 atom stereocenters. The Labute approximate surface area is 90.5 Å². The third-order valence-electron chi connectivity index (χ3n) is 3.60. The molecule has 1 saturated heterocycles. The van der Waals surface area contributed by atoms with Gasteiger partial charge < -0.3 is 0 Å². The number of nitrogens with zero attached hydrogens (tertiary/aromatic N) is 1. The SMILES string of the molecule is O=S(=O)(CCl)N1CCC2(CCCC2)C1. The zero-order valence-electron chi connectivity index (χ0n) is 8.21. The van der Waals surface area contributed by atoms with Gasteiger partial charge in [0, 0.05) is 13.1 Å². The molecule has 1 spiro atoms. The van der Waals surface area contributed by atoms with Crippen molar-refractivity contribution in [3.8, 4) is 0 Å². The highest BCUT2D eigenvalue weighted by molar-refractivity contribution is 7.90. The summed E-state index contributed by atoms with van der Waals surface area (Å²) in [4.78, 5) is 0. The number of sulfonamides is 1. The fourth-order valence-corrected chi connectivity index (χ4v) is 4.13. The summed E-state index contributed by atoms with van der Waals surface area (Å²) in [6.07, 6.45) is 5.94. The van der Waals surface area contributed by atoms with E-state index in [4.69, 9.17) is 11.6 Å². The minimum atomic E-state index is -3.16. The van der Waals surface area contributed by atoms with Crippen LogP contribution in [0, 0.1) is 5.41 Å². The molecule has 82 valence electrons. The van der Waals surface area contributed by atoms with Gasteiger partial charge in [0.2, 0.25) is 10.0 Å². The van der Waals surface area contributed by atoms with E-state index in [1.807, 2.05) is 0 Å². The predicted octanol–water partition coefficient (Wildman–Crippen LogP) is 1.78. The van der Waals surface area contributed by atoms with Crippen LogP contribution in [0.2, 0.25) is 0 Å². The van der Waals surface area contributed by atoms with E-state index in [9.17, 15) is 8.42 Å². The Hall–Kier alpha value is 0.200. The molecule has 0 unspecified atom stereocenters. The Bertz CT molecular complexity index is 309. The Balaban J connectivity index is 2.08. The lowest BCUT2D eigenvalue weighted by Gasteiger charge is -2.22. The molecule has 2 aliphatic rings. The lowest BCUT2D eigenvalue weighted by Crippen LogP contribution is -2.31. The van der Waals surface area contributed by atoms with E-state index in [1.54, 1.807) is 4.31 Å². The minimum Gasteiger partial charge on any atom is -0.211 e. The van der Waals surface area contributed by atoms with Crippen molar-refractivity contribution in [1.29, 1.82) is 0 Å². The molecule has 2 fully saturated rings. The average Bonchev–Trinajstić information content (AvgIpc) is 2.78. The Kier molecular flexibility index (Phi) is 2.79. The second-order valence-corrected chi connectivity index (χ2v) is 7.06. The number of rotatable bonds is 2. The molecule has 1 heterocycles. The van der Waals surface area contributed by atoms with Crippen LogP contribution >= 0.6 is 11.6 Å². The highest BCUT2D eigenvalue weighted by Gasteiger charge is 2.43. The second kappa shape index (κ2) is 3.65. The maximum Gasteiger partial charge on any atom is 0.228 e. The van der Waals surface area contributed by atoms with Crippen LogP contribution in [0.15, 0.2) is 0 Å². The Morgan fingerprint density at radius 2 is 1.86 bits per heavy atom. The monoisotopic (exact) mass is 237 g/mol.